The molecular formula is C36H59N5O7. The van der Waals surface area contributed by atoms with E-state index in [9.17, 15) is 28.8 Å². The van der Waals surface area contributed by atoms with E-state index < -0.39 is 70.2 Å². The molecular weight excluding hydrogens is 614 g/mol. The number of likely N-dealkylation sites (tertiary alicyclic amines) is 1. The third kappa shape index (κ3) is 8.58. The number of esters is 1. The lowest BCUT2D eigenvalue weighted by Crippen LogP contribution is -2.65. The van der Waals surface area contributed by atoms with E-state index in [1.165, 1.54) is 11.0 Å². The predicted octanol–water partition coefficient (Wildman–Crippen LogP) is 3.49. The van der Waals surface area contributed by atoms with Gasteiger partial charge in [-0.05, 0) is 68.1 Å². The maximum absolute atomic E-state index is 14.4. The van der Waals surface area contributed by atoms with Crippen LogP contribution in [0, 0.1) is 34.5 Å². The number of carbonyl (C=O) groups excluding carboxylic acids is 6. The molecule has 0 radical (unpaired) electrons. The Kier molecular flexibility index (Phi) is 11.5. The average Bonchev–Trinajstić information content (AvgIpc) is 3.82. The molecule has 5 amide bonds. The van der Waals surface area contributed by atoms with Gasteiger partial charge in [-0.15, -0.1) is 6.58 Å². The topological polar surface area (TPSA) is 163 Å². The molecule has 1 saturated heterocycles. The summed E-state index contributed by atoms with van der Waals surface area (Å²) in [7, 11) is 0. The van der Waals surface area contributed by atoms with Crippen LogP contribution >= 0.6 is 0 Å². The van der Waals surface area contributed by atoms with Gasteiger partial charge >= 0.3 is 12.0 Å². The Morgan fingerprint density at radius 1 is 1.00 bits per heavy atom. The van der Waals surface area contributed by atoms with Crippen molar-refractivity contribution >= 4 is 35.5 Å². The van der Waals surface area contributed by atoms with Crippen LogP contribution in [0.15, 0.2) is 12.7 Å². The molecule has 0 spiro atoms. The number of rotatable bonds is 14. The Hall–Kier alpha value is -3.44. The fourth-order valence-corrected chi connectivity index (χ4v) is 7.02. The van der Waals surface area contributed by atoms with E-state index in [1.54, 1.807) is 27.7 Å². The molecule has 0 aromatic carbocycles. The van der Waals surface area contributed by atoms with Crippen molar-refractivity contribution < 1.29 is 33.5 Å². The number of nitrogens with zero attached hydrogens (tertiary/aromatic N) is 1. The molecule has 6 atom stereocenters. The number of carbonyl (C=O) groups is 6. The number of amides is 5. The summed E-state index contributed by atoms with van der Waals surface area (Å²) >= 11 is 0. The first-order valence-electron chi connectivity index (χ1n) is 17.4. The van der Waals surface area contributed by atoms with Crippen molar-refractivity contribution in [2.75, 3.05) is 13.1 Å². The Balaban J connectivity index is 1.87. The summed E-state index contributed by atoms with van der Waals surface area (Å²) in [5.74, 6) is -3.16. The van der Waals surface area contributed by atoms with Crippen molar-refractivity contribution in [2.24, 2.45) is 34.5 Å². The molecule has 1 heterocycles. The van der Waals surface area contributed by atoms with Crippen LogP contribution in [0.1, 0.15) is 102 Å². The van der Waals surface area contributed by atoms with Gasteiger partial charge in [0.05, 0.1) is 6.04 Å². The Labute approximate surface area is 286 Å². The van der Waals surface area contributed by atoms with Gasteiger partial charge in [0, 0.05) is 13.1 Å². The Morgan fingerprint density at radius 2 is 1.60 bits per heavy atom. The molecule has 4 N–H and O–H groups in total. The number of ketones is 1. The standard InChI is InChI=1S/C36H59N5O7/c1-13-17-37-29(44)26(42)23(18-21-15-16-21)38-28(43)25-24-22(35(24,11)12)19-41(25)30(45)27(33(5,6)7)39-32(47)40-36(14-2,20(3)4)31(46)48-34(8,9)10/h13,20-25,27H,1,14-19H2,2-12H3,(H,37,44)(H,38,43)(H2,39,40,47)/t22-,23?,24-,25-,27+,36?/m0/s1. The maximum Gasteiger partial charge on any atom is 0.332 e. The summed E-state index contributed by atoms with van der Waals surface area (Å²) in [5.41, 5.74) is -3.09. The SMILES string of the molecule is C=CCNC(=O)C(=O)C(CC1CC1)NC(=O)[C@@H]1[C@@H]2[C@H](CN1C(=O)[C@@H](NC(=O)NC(CC)(C(=O)OC(C)(C)C)C(C)C)C(C)(C)C)C2(C)C. The van der Waals surface area contributed by atoms with Gasteiger partial charge in [0.15, 0.2) is 0 Å². The van der Waals surface area contributed by atoms with E-state index in [4.69, 9.17) is 4.74 Å². The second kappa shape index (κ2) is 14.2. The summed E-state index contributed by atoms with van der Waals surface area (Å²) in [5, 5.41) is 11.0. The fraction of sp³-hybridized carbons (Fsp3) is 0.778. The molecule has 12 heteroatoms. The largest absolute Gasteiger partial charge is 0.458 e. The maximum atomic E-state index is 14.4. The van der Waals surface area contributed by atoms with Crippen LogP contribution in [0.25, 0.3) is 0 Å². The molecule has 0 bridgehead atoms. The minimum atomic E-state index is -1.34. The lowest BCUT2D eigenvalue weighted by Gasteiger charge is -2.40. The van der Waals surface area contributed by atoms with Gasteiger partial charge in [0.25, 0.3) is 5.91 Å². The lowest BCUT2D eigenvalue weighted by molar-refractivity contribution is -0.165. The fourth-order valence-electron chi connectivity index (χ4n) is 7.02. The van der Waals surface area contributed by atoms with E-state index in [2.05, 4.69) is 41.7 Å². The highest BCUT2D eigenvalue weighted by Gasteiger charge is 2.70. The summed E-state index contributed by atoms with van der Waals surface area (Å²) in [4.78, 5) is 82.8. The van der Waals surface area contributed by atoms with Gasteiger partial charge in [-0.3, -0.25) is 19.2 Å². The molecule has 3 fully saturated rings. The number of fused-ring (bicyclic) bond motifs is 1. The van der Waals surface area contributed by atoms with Crippen molar-refractivity contribution in [3.05, 3.63) is 12.7 Å². The second-order valence-corrected chi connectivity index (χ2v) is 16.9. The van der Waals surface area contributed by atoms with E-state index >= 15 is 0 Å². The highest BCUT2D eigenvalue weighted by molar-refractivity contribution is 6.38. The normalized spacial score (nSPS) is 23.9. The number of Topliss-reactive ketones (excluding diaryl/α,β-unsaturated/α-hetero) is 1. The van der Waals surface area contributed by atoms with Crippen molar-refractivity contribution in [3.8, 4) is 0 Å². The van der Waals surface area contributed by atoms with E-state index in [0.29, 0.717) is 13.0 Å². The van der Waals surface area contributed by atoms with Gasteiger partial charge < -0.3 is 30.9 Å². The van der Waals surface area contributed by atoms with Crippen molar-refractivity contribution in [1.82, 2.24) is 26.2 Å². The molecule has 2 saturated carbocycles. The third-order valence-electron chi connectivity index (χ3n) is 10.3. The van der Waals surface area contributed by atoms with E-state index in [1.807, 2.05) is 34.6 Å². The zero-order valence-corrected chi connectivity index (χ0v) is 30.9. The quantitative estimate of drug-likeness (QED) is 0.125. The van der Waals surface area contributed by atoms with Crippen molar-refractivity contribution in [2.45, 2.75) is 131 Å². The van der Waals surface area contributed by atoms with Crippen LogP contribution in [0.5, 0.6) is 0 Å². The minimum Gasteiger partial charge on any atom is -0.458 e. The molecule has 3 rings (SSSR count). The number of nitrogens with one attached hydrogen (secondary N) is 4. The molecule has 2 unspecified atom stereocenters. The number of hydrogen-bond donors (Lipinski definition) is 4. The van der Waals surface area contributed by atoms with Crippen LogP contribution in [0.3, 0.4) is 0 Å². The summed E-state index contributed by atoms with van der Waals surface area (Å²) in [6.07, 6.45) is 3.93. The first-order chi connectivity index (χ1) is 22.0. The van der Waals surface area contributed by atoms with E-state index in [-0.39, 0.29) is 42.1 Å². The highest BCUT2D eigenvalue weighted by Crippen LogP contribution is 2.65. The first-order valence-corrected chi connectivity index (χ1v) is 17.4. The predicted molar refractivity (Wildman–Crippen MR) is 182 cm³/mol. The minimum absolute atomic E-state index is 0.0565. The van der Waals surface area contributed by atoms with Crippen LogP contribution in [0.2, 0.25) is 0 Å². The van der Waals surface area contributed by atoms with Crippen LogP contribution in [-0.4, -0.2) is 82.8 Å². The molecule has 48 heavy (non-hydrogen) atoms. The van der Waals surface area contributed by atoms with Gasteiger partial charge in [-0.2, -0.15) is 0 Å². The van der Waals surface area contributed by atoms with Gasteiger partial charge in [0.2, 0.25) is 17.6 Å². The van der Waals surface area contributed by atoms with Crippen molar-refractivity contribution in [1.29, 1.82) is 0 Å². The summed E-state index contributed by atoms with van der Waals surface area (Å²) in [6, 6.07) is -3.65. The third-order valence-corrected chi connectivity index (χ3v) is 10.3. The zero-order chi connectivity index (χ0) is 36.6. The molecule has 1 aliphatic heterocycles. The lowest BCUT2D eigenvalue weighted by atomic mass is 9.83. The number of piperidine rings is 1. The van der Waals surface area contributed by atoms with Crippen molar-refractivity contribution in [3.63, 3.8) is 0 Å². The molecule has 0 aromatic rings. The average molecular weight is 674 g/mol. The molecule has 12 nitrogen and oxygen atoms in total. The number of hydrogen-bond acceptors (Lipinski definition) is 7. The summed E-state index contributed by atoms with van der Waals surface area (Å²) < 4.78 is 5.69. The molecule has 3 aliphatic rings. The van der Waals surface area contributed by atoms with Gasteiger partial charge in [-0.1, -0.05) is 74.3 Å². The number of urea groups is 1. The number of ether oxygens (including phenoxy) is 1. The molecule has 2 aliphatic carbocycles. The Morgan fingerprint density at radius 3 is 2.08 bits per heavy atom. The summed E-state index contributed by atoms with van der Waals surface area (Å²) in [6.45, 7) is 24.3. The van der Waals surface area contributed by atoms with Crippen LogP contribution in [-0.2, 0) is 28.7 Å². The molecule has 0 aromatic heterocycles. The first kappa shape index (κ1) is 39.0. The monoisotopic (exact) mass is 673 g/mol. The zero-order valence-electron chi connectivity index (χ0n) is 30.9. The molecule has 270 valence electrons. The van der Waals surface area contributed by atoms with Crippen LogP contribution < -0.4 is 21.3 Å². The highest BCUT2D eigenvalue weighted by atomic mass is 16.6. The smallest absolute Gasteiger partial charge is 0.332 e. The van der Waals surface area contributed by atoms with Gasteiger partial charge in [0.1, 0.15) is 23.2 Å². The van der Waals surface area contributed by atoms with Crippen LogP contribution in [0.4, 0.5) is 4.79 Å². The second-order valence-electron chi connectivity index (χ2n) is 16.9. The van der Waals surface area contributed by atoms with E-state index in [0.717, 1.165) is 12.8 Å². The Bertz CT molecular complexity index is 1290. The van der Waals surface area contributed by atoms with Gasteiger partial charge in [-0.25, -0.2) is 9.59 Å².